The summed E-state index contributed by atoms with van der Waals surface area (Å²) >= 11 is 0. The van der Waals surface area contributed by atoms with Gasteiger partial charge in [-0.3, -0.25) is 0 Å². The van der Waals surface area contributed by atoms with Crippen LogP contribution in [0, 0.1) is 34.0 Å². The van der Waals surface area contributed by atoms with E-state index in [0.29, 0.717) is 5.41 Å². The second kappa shape index (κ2) is 5.42. The van der Waals surface area contributed by atoms with Crippen molar-refractivity contribution in [1.29, 1.82) is 5.26 Å². The van der Waals surface area contributed by atoms with Crippen molar-refractivity contribution in [1.82, 2.24) is 0 Å². The Balaban J connectivity index is 2.70. The molecule has 0 bridgehead atoms. The lowest BCUT2D eigenvalue weighted by atomic mass is 9.58. The number of hydrogen-bond donors (Lipinski definition) is 0. The largest absolute Gasteiger partial charge is 0.198 e. The minimum Gasteiger partial charge on any atom is -0.198 e. The van der Waals surface area contributed by atoms with E-state index in [1.807, 2.05) is 0 Å². The summed E-state index contributed by atoms with van der Waals surface area (Å²) in [5, 5.41) is 9.41. The van der Waals surface area contributed by atoms with Crippen molar-refractivity contribution in [2.75, 3.05) is 0 Å². The molecule has 0 aromatic carbocycles. The van der Waals surface area contributed by atoms with Crippen molar-refractivity contribution in [3.8, 4) is 6.07 Å². The van der Waals surface area contributed by atoms with Crippen molar-refractivity contribution in [3.05, 3.63) is 0 Å². The third-order valence-corrected chi connectivity index (χ3v) is 4.48. The van der Waals surface area contributed by atoms with Gasteiger partial charge in [-0.05, 0) is 43.4 Å². The summed E-state index contributed by atoms with van der Waals surface area (Å²) in [4.78, 5) is 0. The van der Waals surface area contributed by atoms with E-state index in [4.69, 9.17) is 0 Å². The van der Waals surface area contributed by atoms with Gasteiger partial charge in [-0.25, -0.2) is 0 Å². The predicted molar refractivity (Wildman–Crippen MR) is 73.5 cm³/mol. The zero-order chi connectivity index (χ0) is 13.1. The van der Waals surface area contributed by atoms with E-state index in [0.717, 1.165) is 24.7 Å². The molecule has 1 rings (SSSR count). The van der Waals surface area contributed by atoms with Crippen LogP contribution in [0.5, 0.6) is 0 Å². The molecule has 3 unspecified atom stereocenters. The van der Waals surface area contributed by atoms with Crippen LogP contribution < -0.4 is 0 Å². The van der Waals surface area contributed by atoms with Crippen LogP contribution in [-0.2, 0) is 0 Å². The fourth-order valence-corrected chi connectivity index (χ4v) is 3.81. The molecule has 0 N–H and O–H groups in total. The summed E-state index contributed by atoms with van der Waals surface area (Å²) in [7, 11) is 0. The molecule has 0 aromatic rings. The predicted octanol–water partition coefficient (Wildman–Crippen LogP) is 5.17. The first-order valence-corrected chi connectivity index (χ1v) is 7.23. The van der Waals surface area contributed by atoms with E-state index in [1.54, 1.807) is 0 Å². The van der Waals surface area contributed by atoms with Crippen molar-refractivity contribution < 1.29 is 0 Å². The molecular weight excluding hydrogens is 206 g/mol. The summed E-state index contributed by atoms with van der Waals surface area (Å²) in [6.45, 7) is 11.5. The monoisotopic (exact) mass is 235 g/mol. The second-order valence-electron chi connectivity index (χ2n) is 7.30. The first-order valence-electron chi connectivity index (χ1n) is 7.23. The van der Waals surface area contributed by atoms with E-state index < -0.39 is 0 Å². The molecule has 1 fully saturated rings. The smallest absolute Gasteiger partial charge is 0.0687 e. The number of nitriles is 1. The van der Waals surface area contributed by atoms with Crippen LogP contribution in [0.15, 0.2) is 0 Å². The van der Waals surface area contributed by atoms with Gasteiger partial charge in [-0.1, -0.05) is 47.0 Å². The lowest BCUT2D eigenvalue weighted by Crippen LogP contribution is -2.37. The first kappa shape index (κ1) is 14.6. The highest BCUT2D eigenvalue weighted by Gasteiger charge is 2.42. The Labute approximate surface area is 108 Å². The van der Waals surface area contributed by atoms with E-state index in [9.17, 15) is 5.26 Å². The lowest BCUT2D eigenvalue weighted by molar-refractivity contribution is 0.0619. The maximum Gasteiger partial charge on any atom is 0.0687 e. The van der Waals surface area contributed by atoms with Crippen molar-refractivity contribution >= 4 is 0 Å². The molecule has 98 valence electrons. The molecule has 1 aliphatic rings. The van der Waals surface area contributed by atoms with Crippen LogP contribution in [0.3, 0.4) is 0 Å². The molecule has 0 radical (unpaired) electrons. The van der Waals surface area contributed by atoms with Gasteiger partial charge < -0.3 is 0 Å². The fraction of sp³-hybridized carbons (Fsp3) is 0.938. The van der Waals surface area contributed by atoms with Gasteiger partial charge in [-0.15, -0.1) is 0 Å². The van der Waals surface area contributed by atoms with Gasteiger partial charge in [0.25, 0.3) is 0 Å². The molecule has 0 aliphatic heterocycles. The summed E-state index contributed by atoms with van der Waals surface area (Å²) in [5.41, 5.74) is 0.251. The van der Waals surface area contributed by atoms with Crippen LogP contribution in [0.4, 0.5) is 0 Å². The van der Waals surface area contributed by atoms with Gasteiger partial charge in [0.15, 0.2) is 0 Å². The van der Waals surface area contributed by atoms with Crippen LogP contribution >= 0.6 is 0 Å². The second-order valence-corrected chi connectivity index (χ2v) is 7.30. The Bertz CT molecular complexity index is 286. The third-order valence-electron chi connectivity index (χ3n) is 4.48. The Kier molecular flexibility index (Phi) is 4.64. The Hall–Kier alpha value is -0.510. The SMILES string of the molecule is CCCCC(C)C1CC(C)(C)CC(C)(C#N)C1. The van der Waals surface area contributed by atoms with Crippen molar-refractivity contribution in [2.45, 2.75) is 73.1 Å². The van der Waals surface area contributed by atoms with Gasteiger partial charge in [0.2, 0.25) is 0 Å². The topological polar surface area (TPSA) is 23.8 Å². The van der Waals surface area contributed by atoms with Crippen LogP contribution in [0.2, 0.25) is 0 Å². The molecule has 0 spiro atoms. The molecule has 0 amide bonds. The van der Waals surface area contributed by atoms with Gasteiger partial charge in [0, 0.05) is 0 Å². The summed E-state index contributed by atoms with van der Waals surface area (Å²) < 4.78 is 0. The maximum atomic E-state index is 9.41. The summed E-state index contributed by atoms with van der Waals surface area (Å²) in [6.07, 6.45) is 7.43. The molecule has 1 nitrogen and oxygen atoms in total. The molecule has 1 aliphatic carbocycles. The molecule has 0 aromatic heterocycles. The lowest BCUT2D eigenvalue weighted by Gasteiger charge is -2.45. The quantitative estimate of drug-likeness (QED) is 0.659. The van der Waals surface area contributed by atoms with Crippen LogP contribution in [-0.4, -0.2) is 0 Å². The molecule has 0 heterocycles. The van der Waals surface area contributed by atoms with E-state index in [-0.39, 0.29) is 5.41 Å². The summed E-state index contributed by atoms with van der Waals surface area (Å²) in [6, 6.07) is 2.58. The van der Waals surface area contributed by atoms with Gasteiger partial charge in [-0.2, -0.15) is 5.26 Å². The van der Waals surface area contributed by atoms with Gasteiger partial charge in [0.05, 0.1) is 11.5 Å². The third kappa shape index (κ3) is 4.02. The standard InChI is InChI=1S/C16H29N/c1-6-7-8-13(2)14-9-15(3,4)11-16(5,10-14)12-17/h13-14H,6-11H2,1-5H3. The zero-order valence-corrected chi connectivity index (χ0v) is 12.3. The molecule has 1 saturated carbocycles. The molecular formula is C16H29N. The van der Waals surface area contributed by atoms with Gasteiger partial charge >= 0.3 is 0 Å². The molecule has 3 atom stereocenters. The highest BCUT2D eigenvalue weighted by atomic mass is 14.5. The van der Waals surface area contributed by atoms with Crippen molar-refractivity contribution in [2.24, 2.45) is 22.7 Å². The van der Waals surface area contributed by atoms with E-state index in [2.05, 4.69) is 40.7 Å². The number of rotatable bonds is 4. The van der Waals surface area contributed by atoms with E-state index in [1.165, 1.54) is 25.7 Å². The first-order chi connectivity index (χ1) is 7.82. The summed E-state index contributed by atoms with van der Waals surface area (Å²) in [5.74, 6) is 1.53. The zero-order valence-electron chi connectivity index (χ0n) is 12.3. The van der Waals surface area contributed by atoms with Crippen molar-refractivity contribution in [3.63, 3.8) is 0 Å². The average molecular weight is 235 g/mol. The maximum absolute atomic E-state index is 9.41. The number of unbranched alkanes of at least 4 members (excludes halogenated alkanes) is 1. The molecule has 17 heavy (non-hydrogen) atoms. The Morgan fingerprint density at radius 1 is 1.29 bits per heavy atom. The molecule has 0 saturated heterocycles. The Morgan fingerprint density at radius 2 is 1.94 bits per heavy atom. The number of hydrogen-bond acceptors (Lipinski definition) is 1. The normalized spacial score (nSPS) is 34.0. The number of nitrogens with zero attached hydrogens (tertiary/aromatic N) is 1. The minimum absolute atomic E-state index is 0.0904. The van der Waals surface area contributed by atoms with E-state index >= 15 is 0 Å². The van der Waals surface area contributed by atoms with Crippen LogP contribution in [0.1, 0.15) is 73.1 Å². The van der Waals surface area contributed by atoms with Gasteiger partial charge in [0.1, 0.15) is 0 Å². The highest BCUT2D eigenvalue weighted by molar-refractivity contribution is 5.03. The fourth-order valence-electron chi connectivity index (χ4n) is 3.81. The Morgan fingerprint density at radius 3 is 2.47 bits per heavy atom. The highest BCUT2D eigenvalue weighted by Crippen LogP contribution is 2.50. The minimum atomic E-state index is -0.0904. The van der Waals surface area contributed by atoms with Crippen LogP contribution in [0.25, 0.3) is 0 Å². The molecule has 1 heteroatoms. The average Bonchev–Trinajstić information content (AvgIpc) is 2.23.